The molecule has 2 aromatic rings. The molecule has 0 saturated heterocycles. The Balaban J connectivity index is 2.25. The summed E-state index contributed by atoms with van der Waals surface area (Å²) in [7, 11) is 0. The van der Waals surface area contributed by atoms with Crippen LogP contribution in [0.2, 0.25) is 5.02 Å². The number of benzene rings is 1. The Labute approximate surface area is 117 Å². The van der Waals surface area contributed by atoms with Gasteiger partial charge in [-0.2, -0.15) is 0 Å². The van der Waals surface area contributed by atoms with Gasteiger partial charge in [-0.1, -0.05) is 17.7 Å². The first kappa shape index (κ1) is 12.6. The van der Waals surface area contributed by atoms with Crippen molar-refractivity contribution in [2.45, 2.75) is 6.92 Å². The van der Waals surface area contributed by atoms with Crippen molar-refractivity contribution in [2.24, 2.45) is 0 Å². The lowest BCUT2D eigenvalue weighted by Gasteiger charge is -2.07. The van der Waals surface area contributed by atoms with Gasteiger partial charge < -0.3 is 5.32 Å². The molecule has 1 aromatic carbocycles. The number of nitrogens with one attached hydrogen (secondary N) is 1. The van der Waals surface area contributed by atoms with E-state index >= 15 is 0 Å². The lowest BCUT2D eigenvalue weighted by atomic mass is 10.2. The van der Waals surface area contributed by atoms with Gasteiger partial charge in [0.25, 0.3) is 5.91 Å². The molecule has 0 unspecified atom stereocenters. The van der Waals surface area contributed by atoms with Crippen molar-refractivity contribution in [1.82, 2.24) is 0 Å². The van der Waals surface area contributed by atoms with Crippen molar-refractivity contribution in [3.63, 3.8) is 0 Å². The summed E-state index contributed by atoms with van der Waals surface area (Å²) in [6, 6.07) is 7.28. The third-order valence-corrected chi connectivity index (χ3v) is 4.68. The van der Waals surface area contributed by atoms with Crippen molar-refractivity contribution in [2.75, 3.05) is 5.32 Å². The van der Waals surface area contributed by atoms with Gasteiger partial charge in [-0.05, 0) is 52.0 Å². The van der Waals surface area contributed by atoms with Crippen molar-refractivity contribution in [3.8, 4) is 0 Å². The Hall–Kier alpha value is -0.840. The topological polar surface area (TPSA) is 29.1 Å². The lowest BCUT2D eigenvalue weighted by Crippen LogP contribution is -2.11. The van der Waals surface area contributed by atoms with Gasteiger partial charge >= 0.3 is 0 Å². The van der Waals surface area contributed by atoms with E-state index in [9.17, 15) is 4.79 Å². The molecule has 5 heteroatoms. The molecule has 0 atom stereocenters. The van der Waals surface area contributed by atoms with E-state index in [-0.39, 0.29) is 5.91 Å². The molecule has 0 aliphatic rings. The Morgan fingerprint density at radius 1 is 1.41 bits per heavy atom. The summed E-state index contributed by atoms with van der Waals surface area (Å²) in [6.07, 6.45) is 0. The molecule has 1 heterocycles. The number of carbonyl (C=O) groups is 1. The molecule has 17 heavy (non-hydrogen) atoms. The van der Waals surface area contributed by atoms with Gasteiger partial charge in [-0.25, -0.2) is 0 Å². The number of thiophene rings is 1. The Morgan fingerprint density at radius 3 is 2.82 bits per heavy atom. The fraction of sp³-hybridized carbons (Fsp3) is 0.0833. The average molecular weight is 331 g/mol. The van der Waals surface area contributed by atoms with Crippen LogP contribution >= 0.6 is 38.9 Å². The second-order valence-corrected chi connectivity index (χ2v) is 5.60. The molecule has 0 saturated carbocycles. The second kappa shape index (κ2) is 5.21. The molecule has 1 aromatic heterocycles. The highest BCUT2D eigenvalue weighted by Gasteiger charge is 2.12. The predicted molar refractivity (Wildman–Crippen MR) is 76.2 cm³/mol. The summed E-state index contributed by atoms with van der Waals surface area (Å²) in [5, 5.41) is 5.31. The summed E-state index contributed by atoms with van der Waals surface area (Å²) >= 11 is 10.7. The Bertz CT molecular complexity index is 567. The average Bonchev–Trinajstić information content (AvgIpc) is 2.71. The van der Waals surface area contributed by atoms with Crippen LogP contribution in [0.15, 0.2) is 34.1 Å². The largest absolute Gasteiger partial charge is 0.320 e. The third kappa shape index (κ3) is 2.70. The van der Waals surface area contributed by atoms with Crippen LogP contribution in [0.4, 0.5) is 5.69 Å². The van der Waals surface area contributed by atoms with Crippen molar-refractivity contribution in [1.29, 1.82) is 0 Å². The highest BCUT2D eigenvalue weighted by molar-refractivity contribution is 9.10. The molecule has 0 aliphatic carbocycles. The number of hydrogen-bond donors (Lipinski definition) is 1. The first-order valence-corrected chi connectivity index (χ1v) is 6.94. The maximum Gasteiger partial charge on any atom is 0.266 e. The number of halogens is 2. The molecule has 0 fully saturated rings. The maximum absolute atomic E-state index is 12.0. The number of carbonyl (C=O) groups excluding carboxylic acids is 1. The minimum absolute atomic E-state index is 0.111. The zero-order valence-electron chi connectivity index (χ0n) is 8.96. The van der Waals surface area contributed by atoms with E-state index in [0.717, 1.165) is 10.4 Å². The normalized spacial score (nSPS) is 10.3. The van der Waals surface area contributed by atoms with E-state index in [0.29, 0.717) is 15.2 Å². The fourth-order valence-corrected chi connectivity index (χ4v) is 2.74. The second-order valence-electron chi connectivity index (χ2n) is 3.49. The number of anilines is 1. The first-order chi connectivity index (χ1) is 8.09. The fourth-order valence-electron chi connectivity index (χ4n) is 1.38. The molecule has 0 spiro atoms. The molecule has 88 valence electrons. The number of amides is 1. The zero-order valence-corrected chi connectivity index (χ0v) is 12.1. The van der Waals surface area contributed by atoms with Crippen LogP contribution < -0.4 is 5.32 Å². The van der Waals surface area contributed by atoms with E-state index in [1.54, 1.807) is 18.2 Å². The Kier molecular flexibility index (Phi) is 3.86. The summed E-state index contributed by atoms with van der Waals surface area (Å²) in [5.74, 6) is -0.111. The van der Waals surface area contributed by atoms with Crippen LogP contribution in [0.25, 0.3) is 0 Å². The molecule has 0 aliphatic heterocycles. The van der Waals surface area contributed by atoms with Gasteiger partial charge in [0.05, 0.1) is 20.1 Å². The van der Waals surface area contributed by atoms with E-state index in [1.807, 2.05) is 18.4 Å². The van der Waals surface area contributed by atoms with Gasteiger partial charge in [-0.15, -0.1) is 11.3 Å². The van der Waals surface area contributed by atoms with E-state index < -0.39 is 0 Å². The highest BCUT2D eigenvalue weighted by atomic mass is 79.9. The Morgan fingerprint density at radius 2 is 2.18 bits per heavy atom. The SMILES string of the molecule is Cc1ccsc1C(=O)Nc1cccc(Cl)c1Br. The summed E-state index contributed by atoms with van der Waals surface area (Å²) < 4.78 is 0.698. The van der Waals surface area contributed by atoms with Crippen LogP contribution in [0, 0.1) is 6.92 Å². The highest BCUT2D eigenvalue weighted by Crippen LogP contribution is 2.30. The maximum atomic E-state index is 12.0. The first-order valence-electron chi connectivity index (χ1n) is 4.89. The monoisotopic (exact) mass is 329 g/mol. The quantitative estimate of drug-likeness (QED) is 0.847. The van der Waals surface area contributed by atoms with Crippen LogP contribution in [0.3, 0.4) is 0 Å². The van der Waals surface area contributed by atoms with E-state index in [4.69, 9.17) is 11.6 Å². The standard InChI is InChI=1S/C12H9BrClNOS/c1-7-5-6-17-11(7)12(16)15-9-4-2-3-8(14)10(9)13/h2-6H,1H3,(H,15,16). The van der Waals surface area contributed by atoms with Crippen molar-refractivity contribution in [3.05, 3.63) is 49.6 Å². The van der Waals surface area contributed by atoms with E-state index in [2.05, 4.69) is 21.2 Å². The third-order valence-electron chi connectivity index (χ3n) is 2.27. The van der Waals surface area contributed by atoms with Gasteiger partial charge in [-0.3, -0.25) is 4.79 Å². The molecule has 0 radical (unpaired) electrons. The molecule has 2 rings (SSSR count). The number of rotatable bonds is 2. The van der Waals surface area contributed by atoms with Crippen LogP contribution in [-0.4, -0.2) is 5.91 Å². The van der Waals surface area contributed by atoms with Crippen molar-refractivity contribution >= 4 is 50.5 Å². The minimum Gasteiger partial charge on any atom is -0.320 e. The van der Waals surface area contributed by atoms with Gasteiger partial charge in [0.1, 0.15) is 0 Å². The molecular formula is C12H9BrClNOS. The number of aryl methyl sites for hydroxylation is 1. The van der Waals surface area contributed by atoms with Crippen molar-refractivity contribution < 1.29 is 4.79 Å². The van der Waals surface area contributed by atoms with Gasteiger partial charge in [0, 0.05) is 0 Å². The lowest BCUT2D eigenvalue weighted by molar-refractivity contribution is 0.103. The molecule has 1 amide bonds. The van der Waals surface area contributed by atoms with Crippen LogP contribution in [0.1, 0.15) is 15.2 Å². The minimum atomic E-state index is -0.111. The van der Waals surface area contributed by atoms with E-state index in [1.165, 1.54) is 11.3 Å². The zero-order chi connectivity index (χ0) is 12.4. The predicted octanol–water partition coefficient (Wildman–Crippen LogP) is 4.72. The molecule has 1 N–H and O–H groups in total. The van der Waals surface area contributed by atoms with Crippen LogP contribution in [-0.2, 0) is 0 Å². The number of hydrogen-bond acceptors (Lipinski definition) is 2. The van der Waals surface area contributed by atoms with Crippen LogP contribution in [0.5, 0.6) is 0 Å². The summed E-state index contributed by atoms with van der Waals surface area (Å²) in [6.45, 7) is 1.92. The molecule has 0 bridgehead atoms. The smallest absolute Gasteiger partial charge is 0.266 e. The van der Waals surface area contributed by atoms with Gasteiger partial charge in [0.2, 0.25) is 0 Å². The summed E-state index contributed by atoms with van der Waals surface area (Å²) in [5.41, 5.74) is 1.65. The molecule has 2 nitrogen and oxygen atoms in total. The van der Waals surface area contributed by atoms with Gasteiger partial charge in [0.15, 0.2) is 0 Å². The summed E-state index contributed by atoms with van der Waals surface area (Å²) in [4.78, 5) is 12.7. The molecular weight excluding hydrogens is 322 g/mol.